The molecule has 31 heavy (non-hydrogen) atoms. The van der Waals surface area contributed by atoms with E-state index < -0.39 is 0 Å². The maximum atomic E-state index is 12.6. The molecule has 1 fully saturated rings. The molecule has 0 aliphatic carbocycles. The van der Waals surface area contributed by atoms with E-state index in [4.69, 9.17) is 14.2 Å². The van der Waals surface area contributed by atoms with Gasteiger partial charge in [-0.25, -0.2) is 0 Å². The lowest BCUT2D eigenvalue weighted by molar-refractivity contribution is 0.238. The quantitative estimate of drug-likeness (QED) is 0.526. The van der Waals surface area contributed by atoms with Crippen molar-refractivity contribution >= 4 is 0 Å². The number of likely N-dealkylation sites (tertiary alicyclic amines) is 1. The summed E-state index contributed by atoms with van der Waals surface area (Å²) in [5.74, 6) is 2.10. The van der Waals surface area contributed by atoms with Crippen molar-refractivity contribution in [3.05, 3.63) is 82.8 Å². The third kappa shape index (κ3) is 5.47. The summed E-state index contributed by atoms with van der Waals surface area (Å²) in [5, 5.41) is 0. The molecule has 3 aromatic rings. The first-order chi connectivity index (χ1) is 15.2. The first-order valence-electron chi connectivity index (χ1n) is 10.7. The van der Waals surface area contributed by atoms with Crippen molar-refractivity contribution in [2.45, 2.75) is 19.4 Å². The third-order valence-corrected chi connectivity index (χ3v) is 5.47. The molecule has 0 saturated carbocycles. The van der Waals surface area contributed by atoms with Gasteiger partial charge in [-0.1, -0.05) is 18.2 Å². The molecular formula is C25H28N2O4. The van der Waals surface area contributed by atoms with Gasteiger partial charge in [0.05, 0.1) is 7.11 Å². The van der Waals surface area contributed by atoms with E-state index in [0.29, 0.717) is 19.0 Å². The molecule has 2 heterocycles. The van der Waals surface area contributed by atoms with Crippen LogP contribution in [0.4, 0.5) is 0 Å². The van der Waals surface area contributed by atoms with Crippen molar-refractivity contribution in [3.63, 3.8) is 0 Å². The highest BCUT2D eigenvalue weighted by atomic mass is 16.5. The number of rotatable bonds is 9. The Kier molecular flexibility index (Phi) is 6.89. The molecule has 0 spiro atoms. The number of nitrogens with zero attached hydrogens (tertiary/aromatic N) is 2. The van der Waals surface area contributed by atoms with Crippen molar-refractivity contribution < 1.29 is 14.2 Å². The van der Waals surface area contributed by atoms with Gasteiger partial charge in [0.2, 0.25) is 0 Å². The Bertz CT molecular complexity index is 1040. The van der Waals surface area contributed by atoms with E-state index in [1.54, 1.807) is 23.9 Å². The second kappa shape index (κ2) is 10.2. The van der Waals surface area contributed by atoms with Crippen LogP contribution in [0.15, 0.2) is 71.7 Å². The lowest BCUT2D eigenvalue weighted by Crippen LogP contribution is -2.25. The van der Waals surface area contributed by atoms with Crippen molar-refractivity contribution in [1.82, 2.24) is 9.47 Å². The highest BCUT2D eigenvalue weighted by Gasteiger charge is 2.11. The van der Waals surface area contributed by atoms with Gasteiger partial charge in [0.15, 0.2) is 0 Å². The monoisotopic (exact) mass is 420 g/mol. The van der Waals surface area contributed by atoms with E-state index in [0.717, 1.165) is 29.3 Å². The summed E-state index contributed by atoms with van der Waals surface area (Å²) < 4.78 is 18.6. The zero-order chi connectivity index (χ0) is 21.5. The van der Waals surface area contributed by atoms with Gasteiger partial charge >= 0.3 is 0 Å². The van der Waals surface area contributed by atoms with Crippen molar-refractivity contribution in [3.8, 4) is 22.9 Å². The van der Waals surface area contributed by atoms with Crippen LogP contribution in [0.2, 0.25) is 0 Å². The Labute approximate surface area is 182 Å². The van der Waals surface area contributed by atoms with Crippen LogP contribution in [0.25, 0.3) is 5.69 Å². The van der Waals surface area contributed by atoms with Crippen LogP contribution in [0.1, 0.15) is 18.4 Å². The molecule has 1 aliphatic heterocycles. The molecular weight excluding hydrogens is 392 g/mol. The Morgan fingerprint density at radius 2 is 1.68 bits per heavy atom. The first kappa shape index (κ1) is 21.0. The molecule has 0 bridgehead atoms. The van der Waals surface area contributed by atoms with Gasteiger partial charge in [-0.2, -0.15) is 0 Å². The second-order valence-corrected chi connectivity index (χ2v) is 7.56. The van der Waals surface area contributed by atoms with Gasteiger partial charge in [0.1, 0.15) is 30.5 Å². The van der Waals surface area contributed by atoms with E-state index in [-0.39, 0.29) is 5.56 Å². The molecule has 1 aliphatic rings. The fraction of sp³-hybridized carbons (Fsp3) is 0.320. The molecule has 0 amide bonds. The van der Waals surface area contributed by atoms with Crippen molar-refractivity contribution in [2.75, 3.05) is 33.4 Å². The van der Waals surface area contributed by atoms with E-state index in [2.05, 4.69) is 4.90 Å². The minimum absolute atomic E-state index is 0.153. The maximum Gasteiger partial charge on any atom is 0.258 e. The van der Waals surface area contributed by atoms with Gasteiger partial charge in [0.25, 0.3) is 5.56 Å². The Hall–Kier alpha value is -3.25. The van der Waals surface area contributed by atoms with Crippen LogP contribution < -0.4 is 19.8 Å². The van der Waals surface area contributed by atoms with Gasteiger partial charge in [0, 0.05) is 30.1 Å². The van der Waals surface area contributed by atoms with Crippen LogP contribution in [-0.2, 0) is 6.61 Å². The largest absolute Gasteiger partial charge is 0.496 e. The standard InChI is InChI=1S/C25H28N2O4/c1-29-24-7-3-2-6-20(24)19-31-23-12-15-27(25(28)18-23)21-8-10-22(11-9-21)30-17-16-26-13-4-5-14-26/h2-3,6-12,15,18H,4-5,13-14,16-17,19H2,1H3. The zero-order valence-electron chi connectivity index (χ0n) is 17.8. The van der Waals surface area contributed by atoms with E-state index >= 15 is 0 Å². The highest BCUT2D eigenvalue weighted by Crippen LogP contribution is 2.20. The molecule has 1 saturated heterocycles. The smallest absolute Gasteiger partial charge is 0.258 e. The zero-order valence-corrected chi connectivity index (χ0v) is 17.8. The lowest BCUT2D eigenvalue weighted by atomic mass is 10.2. The SMILES string of the molecule is COc1ccccc1COc1ccn(-c2ccc(OCCN3CCCC3)cc2)c(=O)c1. The maximum absolute atomic E-state index is 12.6. The number of aromatic nitrogens is 1. The average molecular weight is 421 g/mol. The summed E-state index contributed by atoms with van der Waals surface area (Å²) >= 11 is 0. The number of hydrogen-bond acceptors (Lipinski definition) is 5. The normalized spacial score (nSPS) is 13.8. The van der Waals surface area contributed by atoms with E-state index in [1.165, 1.54) is 32.0 Å². The molecule has 0 atom stereocenters. The number of para-hydroxylation sites is 1. The van der Waals surface area contributed by atoms with Gasteiger partial charge in [-0.3, -0.25) is 14.3 Å². The Morgan fingerprint density at radius 1 is 0.903 bits per heavy atom. The molecule has 2 aromatic carbocycles. The van der Waals surface area contributed by atoms with Gasteiger partial charge < -0.3 is 14.2 Å². The van der Waals surface area contributed by atoms with E-state index in [9.17, 15) is 4.79 Å². The Morgan fingerprint density at radius 3 is 2.42 bits per heavy atom. The summed E-state index contributed by atoms with van der Waals surface area (Å²) in [6, 6.07) is 18.5. The predicted molar refractivity (Wildman–Crippen MR) is 121 cm³/mol. The molecule has 0 N–H and O–H groups in total. The summed E-state index contributed by atoms with van der Waals surface area (Å²) in [6.07, 6.45) is 4.30. The molecule has 1 aromatic heterocycles. The number of methoxy groups -OCH3 is 1. The molecule has 6 nitrogen and oxygen atoms in total. The van der Waals surface area contributed by atoms with Crippen LogP contribution in [0.5, 0.6) is 17.2 Å². The average Bonchev–Trinajstić information content (AvgIpc) is 3.32. The van der Waals surface area contributed by atoms with Crippen LogP contribution in [-0.4, -0.2) is 42.8 Å². The predicted octanol–water partition coefficient (Wildman–Crippen LogP) is 3.90. The fourth-order valence-electron chi connectivity index (χ4n) is 3.75. The molecule has 0 radical (unpaired) electrons. The van der Waals surface area contributed by atoms with Gasteiger partial charge in [-0.05, 0) is 62.3 Å². The highest BCUT2D eigenvalue weighted by molar-refractivity contribution is 5.39. The number of benzene rings is 2. The van der Waals surface area contributed by atoms with E-state index in [1.807, 2.05) is 48.5 Å². The fourth-order valence-corrected chi connectivity index (χ4v) is 3.75. The lowest BCUT2D eigenvalue weighted by Gasteiger charge is -2.15. The summed E-state index contributed by atoms with van der Waals surface area (Å²) in [7, 11) is 1.63. The van der Waals surface area contributed by atoms with Crippen molar-refractivity contribution in [1.29, 1.82) is 0 Å². The molecule has 0 unspecified atom stereocenters. The number of hydrogen-bond donors (Lipinski definition) is 0. The topological polar surface area (TPSA) is 52.9 Å². The van der Waals surface area contributed by atoms with Gasteiger partial charge in [-0.15, -0.1) is 0 Å². The van der Waals surface area contributed by atoms with Crippen LogP contribution in [0.3, 0.4) is 0 Å². The number of pyridine rings is 1. The molecule has 6 heteroatoms. The molecule has 162 valence electrons. The first-order valence-corrected chi connectivity index (χ1v) is 10.7. The second-order valence-electron chi connectivity index (χ2n) is 7.56. The summed E-state index contributed by atoms with van der Waals surface area (Å²) in [6.45, 7) is 4.31. The van der Waals surface area contributed by atoms with Crippen LogP contribution in [0, 0.1) is 0 Å². The Balaban J connectivity index is 1.35. The summed E-state index contributed by atoms with van der Waals surface area (Å²) in [5.41, 5.74) is 1.56. The third-order valence-electron chi connectivity index (χ3n) is 5.47. The summed E-state index contributed by atoms with van der Waals surface area (Å²) in [4.78, 5) is 15.0. The molecule has 4 rings (SSSR count). The minimum atomic E-state index is -0.153. The van der Waals surface area contributed by atoms with Crippen molar-refractivity contribution in [2.24, 2.45) is 0 Å². The number of ether oxygens (including phenoxy) is 3. The minimum Gasteiger partial charge on any atom is -0.496 e. The van der Waals surface area contributed by atoms with Crippen LogP contribution >= 0.6 is 0 Å².